The molecule has 3 nitrogen and oxygen atoms in total. The van der Waals surface area contributed by atoms with Crippen molar-refractivity contribution in [3.05, 3.63) is 86.7 Å². The highest BCUT2D eigenvalue weighted by atomic mass is 14.8. The number of fused-ring (bicyclic) bond motifs is 1. The number of pyridine rings is 1. The van der Waals surface area contributed by atoms with Gasteiger partial charge in [-0.1, -0.05) is 41.5 Å². The number of hydrogen-bond donors (Lipinski definition) is 0. The highest BCUT2D eigenvalue weighted by Crippen LogP contribution is 2.30. The number of nitrogens with zero attached hydrogens (tertiary/aromatic N) is 3. The number of hydrogen-bond acceptors (Lipinski definition) is 3. The summed E-state index contributed by atoms with van der Waals surface area (Å²) in [4.78, 5) is 15.3. The first-order valence-corrected chi connectivity index (χ1v) is 12.0. The average molecular weight is 438 g/mol. The summed E-state index contributed by atoms with van der Waals surface area (Å²) in [5, 5.41) is 0. The van der Waals surface area contributed by atoms with E-state index in [2.05, 4.69) is 84.9 Å². The van der Waals surface area contributed by atoms with Gasteiger partial charge in [-0.15, -0.1) is 0 Å². The van der Waals surface area contributed by atoms with E-state index < -0.39 is 0 Å². The van der Waals surface area contributed by atoms with E-state index in [0.717, 1.165) is 53.4 Å². The zero-order valence-corrected chi connectivity index (χ0v) is 21.1. The van der Waals surface area contributed by atoms with Crippen LogP contribution in [0.4, 0.5) is 11.4 Å². The molecule has 0 saturated heterocycles. The van der Waals surface area contributed by atoms with Gasteiger partial charge in [0.15, 0.2) is 0 Å². The Balaban J connectivity index is 1.80. The molecule has 33 heavy (non-hydrogen) atoms. The maximum absolute atomic E-state index is 5.20. The molecule has 0 fully saturated rings. The lowest BCUT2D eigenvalue weighted by Crippen LogP contribution is -2.10. The van der Waals surface area contributed by atoms with Crippen molar-refractivity contribution >= 4 is 22.8 Å². The van der Waals surface area contributed by atoms with Gasteiger partial charge in [0.25, 0.3) is 0 Å². The number of benzene rings is 2. The smallest absolute Gasteiger partial charge is 0.0884 e. The summed E-state index contributed by atoms with van der Waals surface area (Å²) in [6, 6.07) is 13.2. The summed E-state index contributed by atoms with van der Waals surface area (Å²) in [6.07, 6.45) is 4.33. The monoisotopic (exact) mass is 437 g/mol. The maximum Gasteiger partial charge on any atom is 0.0884 e. The molecule has 3 heteroatoms. The molecule has 4 rings (SSSR count). The van der Waals surface area contributed by atoms with E-state index in [9.17, 15) is 0 Å². The van der Waals surface area contributed by atoms with Crippen LogP contribution in [0.5, 0.6) is 0 Å². The van der Waals surface area contributed by atoms with E-state index in [-0.39, 0.29) is 0 Å². The van der Waals surface area contributed by atoms with Gasteiger partial charge in [0.2, 0.25) is 0 Å². The van der Waals surface area contributed by atoms with Crippen LogP contribution in [0.25, 0.3) is 0 Å². The molecule has 2 aromatic carbocycles. The summed E-state index contributed by atoms with van der Waals surface area (Å²) in [5.74, 6) is 0. The van der Waals surface area contributed by atoms with Crippen molar-refractivity contribution in [2.45, 2.75) is 74.1 Å². The van der Waals surface area contributed by atoms with Crippen molar-refractivity contribution in [3.8, 4) is 0 Å². The van der Waals surface area contributed by atoms with Gasteiger partial charge < -0.3 is 0 Å². The zero-order valence-electron chi connectivity index (χ0n) is 21.1. The third-order valence-electron chi connectivity index (χ3n) is 6.53. The van der Waals surface area contributed by atoms with Crippen LogP contribution >= 0.6 is 0 Å². The van der Waals surface area contributed by atoms with Gasteiger partial charge in [0, 0.05) is 0 Å². The molecule has 0 aliphatic heterocycles. The number of aliphatic imine (C=N–C) groups is 2. The van der Waals surface area contributed by atoms with Crippen LogP contribution in [-0.2, 0) is 6.42 Å². The highest BCUT2D eigenvalue weighted by molar-refractivity contribution is 6.04. The first-order chi connectivity index (χ1) is 15.7. The average Bonchev–Trinajstić information content (AvgIpc) is 2.94. The summed E-state index contributed by atoms with van der Waals surface area (Å²) in [6.45, 7) is 14.9. The van der Waals surface area contributed by atoms with E-state index >= 15 is 0 Å². The minimum absolute atomic E-state index is 0.931. The van der Waals surface area contributed by atoms with Crippen molar-refractivity contribution in [1.82, 2.24) is 4.98 Å². The Hall–Kier alpha value is -3.07. The molecule has 0 atom stereocenters. The van der Waals surface area contributed by atoms with Crippen LogP contribution in [0.15, 0.2) is 46.4 Å². The number of aromatic nitrogens is 1. The summed E-state index contributed by atoms with van der Waals surface area (Å²) < 4.78 is 0. The van der Waals surface area contributed by atoms with Crippen molar-refractivity contribution in [1.29, 1.82) is 0 Å². The van der Waals surface area contributed by atoms with Crippen LogP contribution in [0, 0.1) is 41.5 Å². The normalized spacial score (nSPS) is 15.5. The summed E-state index contributed by atoms with van der Waals surface area (Å²) in [5.41, 5.74) is 14.9. The van der Waals surface area contributed by atoms with Crippen molar-refractivity contribution in [2.24, 2.45) is 9.98 Å². The van der Waals surface area contributed by atoms with Crippen molar-refractivity contribution < 1.29 is 0 Å². The lowest BCUT2D eigenvalue weighted by molar-refractivity contribution is 0.775. The van der Waals surface area contributed by atoms with E-state index in [1.807, 2.05) is 0 Å². The standard InChI is InChI=1S/C30H35N3/c1-18-14-20(3)28(21(4)15-18)31-24(7)26-13-12-25-10-8-9-11-27(30(25)32-26)33-29-22(5)16-19(2)17-23(29)6/h12-17H,8-11H2,1-7H3. The van der Waals surface area contributed by atoms with E-state index in [0.29, 0.717) is 0 Å². The van der Waals surface area contributed by atoms with Gasteiger partial charge in [-0.2, -0.15) is 0 Å². The molecule has 170 valence electrons. The van der Waals surface area contributed by atoms with Gasteiger partial charge in [0.05, 0.1) is 34.2 Å². The lowest BCUT2D eigenvalue weighted by Gasteiger charge is -2.13. The van der Waals surface area contributed by atoms with Gasteiger partial charge in [-0.05, 0) is 108 Å². The first kappa shape index (κ1) is 23.1. The molecule has 1 aliphatic carbocycles. The van der Waals surface area contributed by atoms with Crippen LogP contribution in [-0.4, -0.2) is 16.4 Å². The predicted octanol–water partition coefficient (Wildman–Crippen LogP) is 7.92. The zero-order chi connectivity index (χ0) is 23.7. The van der Waals surface area contributed by atoms with E-state index in [1.165, 1.54) is 45.4 Å². The summed E-state index contributed by atoms with van der Waals surface area (Å²) >= 11 is 0. The molecule has 1 aliphatic rings. The Labute approximate surface area is 198 Å². The molecule has 0 N–H and O–H groups in total. The molecule has 0 radical (unpaired) electrons. The fourth-order valence-corrected chi connectivity index (χ4v) is 5.03. The van der Waals surface area contributed by atoms with Gasteiger partial charge >= 0.3 is 0 Å². The van der Waals surface area contributed by atoms with Gasteiger partial charge in [-0.3, -0.25) is 9.98 Å². The van der Waals surface area contributed by atoms with Gasteiger partial charge in [-0.25, -0.2) is 4.98 Å². The number of rotatable bonds is 3. The van der Waals surface area contributed by atoms with Crippen LogP contribution in [0.3, 0.4) is 0 Å². The Morgan fingerprint density at radius 1 is 0.727 bits per heavy atom. The second-order valence-corrected chi connectivity index (χ2v) is 9.66. The fourth-order valence-electron chi connectivity index (χ4n) is 5.03. The molecule has 0 amide bonds. The minimum Gasteiger partial charge on any atom is -0.251 e. The first-order valence-electron chi connectivity index (χ1n) is 12.0. The molecular formula is C30H35N3. The topological polar surface area (TPSA) is 37.6 Å². The molecule has 0 saturated carbocycles. The minimum atomic E-state index is 0.931. The lowest BCUT2D eigenvalue weighted by atomic mass is 10.0. The van der Waals surface area contributed by atoms with Crippen molar-refractivity contribution in [2.75, 3.05) is 0 Å². The van der Waals surface area contributed by atoms with E-state index in [4.69, 9.17) is 15.0 Å². The van der Waals surface area contributed by atoms with Crippen LogP contribution < -0.4 is 0 Å². The molecule has 0 bridgehead atoms. The highest BCUT2D eigenvalue weighted by Gasteiger charge is 2.18. The molecule has 0 spiro atoms. The third-order valence-corrected chi connectivity index (χ3v) is 6.53. The second kappa shape index (κ2) is 9.43. The summed E-state index contributed by atoms with van der Waals surface area (Å²) in [7, 11) is 0. The molecule has 0 unspecified atom stereocenters. The third kappa shape index (κ3) is 4.98. The van der Waals surface area contributed by atoms with Crippen molar-refractivity contribution in [3.63, 3.8) is 0 Å². The SMILES string of the molecule is CC(=Nc1c(C)cc(C)cc1C)c1ccc2c(n1)C(=Nc1c(C)cc(C)cc1C)CCCC2. The number of aryl methyl sites for hydroxylation is 7. The quantitative estimate of drug-likeness (QED) is 0.303. The van der Waals surface area contributed by atoms with Crippen LogP contribution in [0.2, 0.25) is 0 Å². The maximum atomic E-state index is 5.20. The fraction of sp³-hybridized carbons (Fsp3) is 0.367. The Morgan fingerprint density at radius 2 is 1.27 bits per heavy atom. The Bertz CT molecular complexity index is 1230. The van der Waals surface area contributed by atoms with E-state index in [1.54, 1.807) is 0 Å². The van der Waals surface area contributed by atoms with Gasteiger partial charge in [0.1, 0.15) is 0 Å². The molecule has 1 heterocycles. The molecule has 3 aromatic rings. The largest absolute Gasteiger partial charge is 0.251 e. The van der Waals surface area contributed by atoms with Crippen LogP contribution in [0.1, 0.15) is 76.5 Å². The Kier molecular flexibility index (Phi) is 6.60. The molecular weight excluding hydrogens is 402 g/mol. The predicted molar refractivity (Wildman–Crippen MR) is 141 cm³/mol. The Morgan fingerprint density at radius 3 is 1.88 bits per heavy atom. The molecule has 1 aromatic heterocycles. The second-order valence-electron chi connectivity index (χ2n) is 9.66.